The van der Waals surface area contributed by atoms with Crippen molar-refractivity contribution in [3.63, 3.8) is 0 Å². The van der Waals surface area contributed by atoms with Crippen molar-refractivity contribution in [3.05, 3.63) is 81.6 Å². The molecule has 4 rings (SSSR count). The second-order valence-corrected chi connectivity index (χ2v) is 7.53. The van der Waals surface area contributed by atoms with Gasteiger partial charge in [-0.15, -0.1) is 0 Å². The van der Waals surface area contributed by atoms with Gasteiger partial charge in [-0.3, -0.25) is 14.5 Å². The molecular weight excluding hydrogens is 350 g/mol. The number of benzene rings is 2. The van der Waals surface area contributed by atoms with E-state index < -0.39 is 0 Å². The van der Waals surface area contributed by atoms with Crippen molar-refractivity contribution in [2.24, 2.45) is 0 Å². The lowest BCUT2D eigenvalue weighted by molar-refractivity contribution is -0.132. The van der Waals surface area contributed by atoms with E-state index in [-0.39, 0.29) is 11.5 Å². The maximum Gasteiger partial charge on any atom is 0.252 e. The summed E-state index contributed by atoms with van der Waals surface area (Å²) < 4.78 is 0. The fraction of sp³-hybridized carbons (Fsp3) is 0.304. The van der Waals surface area contributed by atoms with Crippen molar-refractivity contribution < 1.29 is 4.79 Å². The Morgan fingerprint density at radius 3 is 2.50 bits per heavy atom. The molecule has 1 fully saturated rings. The number of rotatable bonds is 4. The lowest BCUT2D eigenvalue weighted by atomic mass is 10.1. The fourth-order valence-corrected chi connectivity index (χ4v) is 3.76. The van der Waals surface area contributed by atoms with Crippen LogP contribution in [0.1, 0.15) is 16.7 Å². The third-order valence-corrected chi connectivity index (χ3v) is 5.40. The van der Waals surface area contributed by atoms with Crippen LogP contribution < -0.4 is 5.56 Å². The van der Waals surface area contributed by atoms with Crippen LogP contribution in [0.2, 0.25) is 0 Å². The Balaban J connectivity index is 1.37. The van der Waals surface area contributed by atoms with Crippen molar-refractivity contribution in [3.8, 4) is 0 Å². The molecule has 1 N–H and O–H groups in total. The second-order valence-electron chi connectivity index (χ2n) is 7.53. The van der Waals surface area contributed by atoms with Crippen molar-refractivity contribution in [2.45, 2.75) is 19.9 Å². The van der Waals surface area contributed by atoms with Gasteiger partial charge in [0.2, 0.25) is 5.91 Å². The number of nitrogens with one attached hydrogen (secondary N) is 1. The van der Waals surface area contributed by atoms with Crippen LogP contribution in [-0.2, 0) is 17.8 Å². The van der Waals surface area contributed by atoms with E-state index >= 15 is 0 Å². The van der Waals surface area contributed by atoms with Gasteiger partial charge in [0.15, 0.2) is 0 Å². The van der Waals surface area contributed by atoms with Gasteiger partial charge in [-0.1, -0.05) is 42.5 Å². The van der Waals surface area contributed by atoms with Crippen molar-refractivity contribution in [1.82, 2.24) is 14.8 Å². The number of hydrogen-bond acceptors (Lipinski definition) is 3. The first kappa shape index (κ1) is 18.4. The van der Waals surface area contributed by atoms with E-state index in [0.29, 0.717) is 26.1 Å². The summed E-state index contributed by atoms with van der Waals surface area (Å²) in [5.41, 5.74) is 3.81. The Morgan fingerprint density at radius 2 is 1.75 bits per heavy atom. The number of piperazine rings is 1. The first-order valence-electron chi connectivity index (χ1n) is 9.75. The minimum Gasteiger partial charge on any atom is -0.340 e. The molecule has 5 nitrogen and oxygen atoms in total. The summed E-state index contributed by atoms with van der Waals surface area (Å²) >= 11 is 0. The average molecular weight is 375 g/mol. The molecule has 0 radical (unpaired) electrons. The van der Waals surface area contributed by atoms with Gasteiger partial charge in [0.05, 0.1) is 6.42 Å². The van der Waals surface area contributed by atoms with Gasteiger partial charge in [-0.25, -0.2) is 0 Å². The van der Waals surface area contributed by atoms with Crippen LogP contribution in [0, 0.1) is 6.92 Å². The molecule has 28 heavy (non-hydrogen) atoms. The van der Waals surface area contributed by atoms with E-state index in [1.165, 1.54) is 0 Å². The molecule has 3 aromatic rings. The molecule has 2 heterocycles. The molecule has 0 bridgehead atoms. The van der Waals surface area contributed by atoms with Crippen molar-refractivity contribution in [2.75, 3.05) is 26.2 Å². The fourth-order valence-electron chi connectivity index (χ4n) is 3.76. The van der Waals surface area contributed by atoms with Crippen LogP contribution in [0.3, 0.4) is 0 Å². The van der Waals surface area contributed by atoms with Gasteiger partial charge in [-0.05, 0) is 35.6 Å². The van der Waals surface area contributed by atoms with E-state index in [0.717, 1.165) is 40.7 Å². The Kier molecular flexibility index (Phi) is 5.26. The number of hydrogen-bond donors (Lipinski definition) is 1. The van der Waals surface area contributed by atoms with Crippen LogP contribution in [0.25, 0.3) is 10.9 Å². The second kappa shape index (κ2) is 7.98. The van der Waals surface area contributed by atoms with E-state index in [4.69, 9.17) is 0 Å². The standard InChI is InChI=1S/C23H25N3O2/c1-17-7-8-19-15-20(23(28)24-21(19)13-17)16-25-9-11-26(12-10-25)22(27)14-18-5-3-2-4-6-18/h2-8,13,15H,9-12,14,16H2,1H3,(H,24,28). The minimum absolute atomic E-state index is 0.0271. The predicted octanol–water partition coefficient (Wildman–Crippen LogP) is 2.72. The van der Waals surface area contributed by atoms with Gasteiger partial charge < -0.3 is 9.88 Å². The molecule has 1 aromatic heterocycles. The molecule has 1 saturated heterocycles. The summed E-state index contributed by atoms with van der Waals surface area (Å²) in [4.78, 5) is 32.1. The van der Waals surface area contributed by atoms with Gasteiger partial charge in [0.1, 0.15) is 0 Å². The SMILES string of the molecule is Cc1ccc2cc(CN3CCN(C(=O)Cc4ccccc4)CC3)c(=O)[nH]c2c1. The van der Waals surface area contributed by atoms with Gasteiger partial charge in [-0.2, -0.15) is 0 Å². The summed E-state index contributed by atoms with van der Waals surface area (Å²) in [5.74, 6) is 0.171. The van der Waals surface area contributed by atoms with Crippen LogP contribution in [-0.4, -0.2) is 46.9 Å². The van der Waals surface area contributed by atoms with Crippen LogP contribution >= 0.6 is 0 Å². The molecule has 1 aliphatic rings. The van der Waals surface area contributed by atoms with Crippen LogP contribution in [0.5, 0.6) is 0 Å². The minimum atomic E-state index is -0.0271. The third-order valence-electron chi connectivity index (χ3n) is 5.40. The van der Waals surface area contributed by atoms with E-state index in [2.05, 4.69) is 16.0 Å². The van der Waals surface area contributed by atoms with Crippen LogP contribution in [0.4, 0.5) is 0 Å². The monoisotopic (exact) mass is 375 g/mol. The predicted molar refractivity (Wildman–Crippen MR) is 111 cm³/mol. The number of pyridine rings is 1. The molecule has 1 amide bonds. The van der Waals surface area contributed by atoms with Gasteiger partial charge in [0, 0.05) is 43.8 Å². The highest BCUT2D eigenvalue weighted by atomic mass is 16.2. The third kappa shape index (κ3) is 4.15. The topological polar surface area (TPSA) is 56.4 Å². The summed E-state index contributed by atoms with van der Waals surface area (Å²) in [6.07, 6.45) is 0.449. The van der Waals surface area contributed by atoms with Crippen molar-refractivity contribution in [1.29, 1.82) is 0 Å². The van der Waals surface area contributed by atoms with E-state index in [9.17, 15) is 9.59 Å². The maximum atomic E-state index is 12.5. The zero-order valence-corrected chi connectivity index (χ0v) is 16.1. The molecule has 0 atom stereocenters. The molecule has 5 heteroatoms. The number of carbonyl (C=O) groups excluding carboxylic acids is 1. The molecule has 1 aliphatic heterocycles. The van der Waals surface area contributed by atoms with Crippen molar-refractivity contribution >= 4 is 16.8 Å². The molecule has 0 spiro atoms. The summed E-state index contributed by atoms with van der Waals surface area (Å²) in [6.45, 7) is 5.61. The Hall–Kier alpha value is -2.92. The molecule has 144 valence electrons. The molecular formula is C23H25N3O2. The number of nitrogens with zero attached hydrogens (tertiary/aromatic N) is 2. The number of aryl methyl sites for hydroxylation is 1. The number of aromatic nitrogens is 1. The van der Waals surface area contributed by atoms with E-state index in [1.807, 2.05) is 60.4 Å². The number of carbonyl (C=O) groups is 1. The average Bonchev–Trinajstić information content (AvgIpc) is 2.70. The molecule has 2 aromatic carbocycles. The Bertz CT molecular complexity index is 1030. The lowest BCUT2D eigenvalue weighted by Crippen LogP contribution is -2.49. The Labute approximate surface area is 164 Å². The highest BCUT2D eigenvalue weighted by molar-refractivity contribution is 5.80. The quantitative estimate of drug-likeness (QED) is 0.763. The molecule has 0 saturated carbocycles. The first-order chi connectivity index (χ1) is 13.6. The number of aromatic amines is 1. The highest BCUT2D eigenvalue weighted by Crippen LogP contribution is 2.15. The van der Waals surface area contributed by atoms with Crippen LogP contribution in [0.15, 0.2) is 59.4 Å². The highest BCUT2D eigenvalue weighted by Gasteiger charge is 2.21. The zero-order chi connectivity index (χ0) is 19.5. The number of H-pyrrole nitrogens is 1. The van der Waals surface area contributed by atoms with Gasteiger partial charge in [0.25, 0.3) is 5.56 Å². The summed E-state index contributed by atoms with van der Waals surface area (Å²) in [7, 11) is 0. The molecule has 0 aliphatic carbocycles. The van der Waals surface area contributed by atoms with E-state index in [1.54, 1.807) is 0 Å². The normalized spacial score (nSPS) is 15.1. The number of amides is 1. The number of fused-ring (bicyclic) bond motifs is 1. The summed E-state index contributed by atoms with van der Waals surface area (Å²) in [6, 6.07) is 17.9. The van der Waals surface area contributed by atoms with Gasteiger partial charge >= 0.3 is 0 Å². The lowest BCUT2D eigenvalue weighted by Gasteiger charge is -2.34. The maximum absolute atomic E-state index is 12.5. The zero-order valence-electron chi connectivity index (χ0n) is 16.1. The Morgan fingerprint density at radius 1 is 1.00 bits per heavy atom. The molecule has 0 unspecified atom stereocenters. The largest absolute Gasteiger partial charge is 0.340 e. The smallest absolute Gasteiger partial charge is 0.252 e. The summed E-state index contributed by atoms with van der Waals surface area (Å²) in [5, 5.41) is 1.05. The first-order valence-corrected chi connectivity index (χ1v) is 9.75.